The number of rotatable bonds is 4. The minimum atomic E-state index is -0.0757. The summed E-state index contributed by atoms with van der Waals surface area (Å²) >= 11 is 0. The number of nitrogens with two attached hydrogens (primary N) is 1. The molecule has 0 fully saturated rings. The van der Waals surface area contributed by atoms with Gasteiger partial charge in [0.15, 0.2) is 0 Å². The molecule has 4 heteroatoms. The smallest absolute Gasteiger partial charge is 0.122 e. The van der Waals surface area contributed by atoms with Gasteiger partial charge in [0.1, 0.15) is 5.75 Å². The molecule has 2 rings (SSSR count). The third-order valence-corrected chi connectivity index (χ3v) is 3.11. The van der Waals surface area contributed by atoms with Crippen molar-refractivity contribution in [3.05, 3.63) is 47.5 Å². The molecule has 1 aromatic heterocycles. The van der Waals surface area contributed by atoms with Crippen LogP contribution < -0.4 is 10.5 Å². The lowest BCUT2D eigenvalue weighted by atomic mass is 10.0. The topological polar surface area (TPSA) is 53.1 Å². The van der Waals surface area contributed by atoms with Gasteiger partial charge in [-0.25, -0.2) is 4.98 Å². The molecule has 1 unspecified atom stereocenters. The second-order valence-corrected chi connectivity index (χ2v) is 4.56. The lowest BCUT2D eigenvalue weighted by molar-refractivity contribution is 0.407. The fourth-order valence-corrected chi connectivity index (χ4v) is 2.13. The Morgan fingerprint density at radius 2 is 2.22 bits per heavy atom. The van der Waals surface area contributed by atoms with Gasteiger partial charge in [0.05, 0.1) is 25.2 Å². The maximum absolute atomic E-state index is 6.23. The number of hydrogen-bond donors (Lipinski definition) is 1. The fraction of sp³-hybridized carbons (Fsp3) is 0.357. The van der Waals surface area contributed by atoms with Crippen molar-refractivity contribution in [2.75, 3.05) is 7.11 Å². The number of hydrogen-bond acceptors (Lipinski definition) is 3. The molecule has 0 aliphatic rings. The molecule has 0 aliphatic carbocycles. The molecule has 0 radical (unpaired) electrons. The lowest BCUT2D eigenvalue weighted by Gasteiger charge is -2.15. The van der Waals surface area contributed by atoms with Gasteiger partial charge in [-0.2, -0.15) is 0 Å². The first-order valence-corrected chi connectivity index (χ1v) is 5.97. The first-order chi connectivity index (χ1) is 8.61. The number of methoxy groups -OCH3 is 1. The predicted molar refractivity (Wildman–Crippen MR) is 71.6 cm³/mol. The van der Waals surface area contributed by atoms with E-state index in [2.05, 4.69) is 18.0 Å². The summed E-state index contributed by atoms with van der Waals surface area (Å²) in [5.74, 6) is 0.887. The Balaban J connectivity index is 2.23. The summed E-state index contributed by atoms with van der Waals surface area (Å²) in [6.07, 6.45) is 4.32. The van der Waals surface area contributed by atoms with E-state index in [1.165, 1.54) is 5.56 Å². The molecule has 4 nitrogen and oxygen atoms in total. The van der Waals surface area contributed by atoms with Gasteiger partial charge >= 0.3 is 0 Å². The number of nitrogens with zero attached hydrogens (tertiary/aromatic N) is 2. The Kier molecular flexibility index (Phi) is 3.67. The Morgan fingerprint density at radius 1 is 1.44 bits per heavy atom. The monoisotopic (exact) mass is 245 g/mol. The Hall–Kier alpha value is -1.81. The van der Waals surface area contributed by atoms with Crippen LogP contribution in [0, 0.1) is 6.92 Å². The summed E-state index contributed by atoms with van der Waals surface area (Å²) < 4.78 is 7.32. The maximum atomic E-state index is 6.23. The van der Waals surface area contributed by atoms with E-state index in [-0.39, 0.29) is 6.04 Å². The molecular weight excluding hydrogens is 226 g/mol. The molecule has 0 saturated carbocycles. The second-order valence-electron chi connectivity index (χ2n) is 4.56. The average molecular weight is 245 g/mol. The number of aromatic nitrogens is 2. The first kappa shape index (κ1) is 12.6. The molecule has 1 heterocycles. The van der Waals surface area contributed by atoms with Crippen LogP contribution in [0.3, 0.4) is 0 Å². The minimum absolute atomic E-state index is 0.0757. The van der Waals surface area contributed by atoms with Crippen molar-refractivity contribution < 1.29 is 4.74 Å². The van der Waals surface area contributed by atoms with Crippen LogP contribution in [-0.4, -0.2) is 16.7 Å². The van der Waals surface area contributed by atoms with E-state index in [0.29, 0.717) is 0 Å². The van der Waals surface area contributed by atoms with Gasteiger partial charge < -0.3 is 15.0 Å². The molecule has 0 saturated heterocycles. The molecule has 1 atom stereocenters. The van der Waals surface area contributed by atoms with Gasteiger partial charge in [0.2, 0.25) is 0 Å². The van der Waals surface area contributed by atoms with E-state index in [0.717, 1.165) is 23.4 Å². The third kappa shape index (κ3) is 2.54. The largest absolute Gasteiger partial charge is 0.496 e. The Labute approximate surface area is 107 Å². The van der Waals surface area contributed by atoms with E-state index in [1.807, 2.05) is 29.9 Å². The van der Waals surface area contributed by atoms with Crippen molar-refractivity contribution in [3.63, 3.8) is 0 Å². The lowest BCUT2D eigenvalue weighted by Crippen LogP contribution is -2.17. The molecule has 2 aromatic rings. The molecule has 18 heavy (non-hydrogen) atoms. The van der Waals surface area contributed by atoms with Crippen LogP contribution >= 0.6 is 0 Å². The number of aryl methyl sites for hydroxylation is 2. The Morgan fingerprint density at radius 3 is 2.83 bits per heavy atom. The van der Waals surface area contributed by atoms with Crippen LogP contribution in [0.25, 0.3) is 0 Å². The van der Waals surface area contributed by atoms with E-state index >= 15 is 0 Å². The van der Waals surface area contributed by atoms with Crippen molar-refractivity contribution >= 4 is 0 Å². The number of benzene rings is 1. The molecule has 0 aliphatic heterocycles. The number of imidazole rings is 1. The van der Waals surface area contributed by atoms with Crippen LogP contribution in [0.2, 0.25) is 0 Å². The van der Waals surface area contributed by atoms with Gasteiger partial charge in [-0.1, -0.05) is 17.7 Å². The second kappa shape index (κ2) is 5.23. The van der Waals surface area contributed by atoms with Crippen LogP contribution in [0.5, 0.6) is 5.75 Å². The normalized spacial score (nSPS) is 12.4. The SMILES string of the molecule is COc1ccc(C)cc1CC(N)c1cncn1C. The standard InChI is InChI=1S/C14H19N3O/c1-10-4-5-14(18-3)11(6-10)7-12(15)13-8-16-9-17(13)2/h4-6,8-9,12H,7,15H2,1-3H3. The highest BCUT2D eigenvalue weighted by atomic mass is 16.5. The van der Waals surface area contributed by atoms with E-state index < -0.39 is 0 Å². The molecule has 0 spiro atoms. The molecule has 1 aromatic carbocycles. The van der Waals surface area contributed by atoms with Crippen LogP contribution in [0.1, 0.15) is 22.9 Å². The Bertz CT molecular complexity index is 534. The summed E-state index contributed by atoms with van der Waals surface area (Å²) in [7, 11) is 3.64. The van der Waals surface area contributed by atoms with E-state index in [9.17, 15) is 0 Å². The summed E-state index contributed by atoms with van der Waals surface area (Å²) in [5, 5.41) is 0. The first-order valence-electron chi connectivity index (χ1n) is 5.97. The summed E-state index contributed by atoms with van der Waals surface area (Å²) in [4.78, 5) is 4.10. The average Bonchev–Trinajstić information content (AvgIpc) is 2.76. The van der Waals surface area contributed by atoms with Gasteiger partial charge in [0.25, 0.3) is 0 Å². The molecular formula is C14H19N3O. The molecule has 0 amide bonds. The van der Waals surface area contributed by atoms with Gasteiger partial charge in [-0.15, -0.1) is 0 Å². The van der Waals surface area contributed by atoms with E-state index in [1.54, 1.807) is 13.4 Å². The van der Waals surface area contributed by atoms with Gasteiger partial charge in [-0.3, -0.25) is 0 Å². The van der Waals surface area contributed by atoms with Gasteiger partial charge in [0, 0.05) is 13.2 Å². The zero-order valence-electron chi connectivity index (χ0n) is 11.1. The summed E-state index contributed by atoms with van der Waals surface area (Å²) in [6.45, 7) is 2.07. The minimum Gasteiger partial charge on any atom is -0.496 e. The maximum Gasteiger partial charge on any atom is 0.122 e. The zero-order valence-corrected chi connectivity index (χ0v) is 11.1. The van der Waals surface area contributed by atoms with Crippen molar-refractivity contribution in [1.82, 2.24) is 9.55 Å². The van der Waals surface area contributed by atoms with Crippen LogP contribution in [0.4, 0.5) is 0 Å². The molecule has 96 valence electrons. The zero-order chi connectivity index (χ0) is 13.1. The van der Waals surface area contributed by atoms with Crippen LogP contribution in [0.15, 0.2) is 30.7 Å². The predicted octanol–water partition coefficient (Wildman–Crippen LogP) is 1.98. The van der Waals surface area contributed by atoms with Crippen molar-refractivity contribution in [1.29, 1.82) is 0 Å². The van der Waals surface area contributed by atoms with E-state index in [4.69, 9.17) is 10.5 Å². The van der Waals surface area contributed by atoms with Crippen molar-refractivity contribution in [3.8, 4) is 5.75 Å². The van der Waals surface area contributed by atoms with Crippen LogP contribution in [-0.2, 0) is 13.5 Å². The molecule has 0 bridgehead atoms. The quantitative estimate of drug-likeness (QED) is 0.896. The summed E-state index contributed by atoms with van der Waals surface area (Å²) in [5.41, 5.74) is 9.60. The number of ether oxygens (including phenoxy) is 1. The highest BCUT2D eigenvalue weighted by molar-refractivity contribution is 5.37. The van der Waals surface area contributed by atoms with Gasteiger partial charge in [-0.05, 0) is 25.0 Å². The highest BCUT2D eigenvalue weighted by Crippen LogP contribution is 2.24. The highest BCUT2D eigenvalue weighted by Gasteiger charge is 2.13. The summed E-state index contributed by atoms with van der Waals surface area (Å²) in [6, 6.07) is 6.07. The molecule has 2 N–H and O–H groups in total. The fourth-order valence-electron chi connectivity index (χ4n) is 2.13. The van der Waals surface area contributed by atoms with Crippen molar-refractivity contribution in [2.24, 2.45) is 12.8 Å². The van der Waals surface area contributed by atoms with Crippen molar-refractivity contribution in [2.45, 2.75) is 19.4 Å². The third-order valence-electron chi connectivity index (χ3n) is 3.11.